The number of benzene rings is 2. The van der Waals surface area contributed by atoms with Gasteiger partial charge in [0.1, 0.15) is 5.52 Å². The van der Waals surface area contributed by atoms with Gasteiger partial charge in [-0.05, 0) is 61.9 Å². The van der Waals surface area contributed by atoms with Crippen molar-refractivity contribution in [3.05, 3.63) is 81.7 Å². The van der Waals surface area contributed by atoms with Gasteiger partial charge in [0.15, 0.2) is 0 Å². The normalized spacial score (nSPS) is 13.9. The maximum Gasteiger partial charge on any atom is 0.277 e. The molecule has 6 nitrogen and oxygen atoms in total. The van der Waals surface area contributed by atoms with Crippen LogP contribution in [0.5, 0.6) is 0 Å². The number of carbonyl (C=O) groups excluding carboxylic acids is 1. The van der Waals surface area contributed by atoms with Crippen molar-refractivity contribution >= 4 is 16.8 Å². The Morgan fingerprint density at radius 1 is 1.07 bits per heavy atom. The summed E-state index contributed by atoms with van der Waals surface area (Å²) in [4.78, 5) is 24.9. The van der Waals surface area contributed by atoms with Crippen LogP contribution in [-0.2, 0) is 6.54 Å². The quantitative estimate of drug-likeness (QED) is 0.656. The molecule has 0 fully saturated rings. The largest absolute Gasteiger partial charge is 0.352 e. The molecule has 1 heterocycles. The lowest BCUT2D eigenvalue weighted by Crippen LogP contribution is -2.25. The van der Waals surface area contributed by atoms with Crippen LogP contribution >= 0.6 is 0 Å². The first-order valence-corrected chi connectivity index (χ1v) is 10.1. The molecule has 29 heavy (non-hydrogen) atoms. The summed E-state index contributed by atoms with van der Waals surface area (Å²) in [6.07, 6.45) is 8.08. The van der Waals surface area contributed by atoms with Gasteiger partial charge in [0.25, 0.3) is 11.5 Å². The summed E-state index contributed by atoms with van der Waals surface area (Å²) in [6.45, 7) is 0.973. The number of aromatic nitrogens is 3. The number of amides is 1. The second-order valence-electron chi connectivity index (χ2n) is 7.38. The summed E-state index contributed by atoms with van der Waals surface area (Å²) < 4.78 is 1.34. The van der Waals surface area contributed by atoms with Gasteiger partial charge in [0, 0.05) is 12.1 Å². The third kappa shape index (κ3) is 4.59. The van der Waals surface area contributed by atoms with Crippen molar-refractivity contribution in [3.63, 3.8) is 0 Å². The first kappa shape index (κ1) is 19.1. The number of nitrogens with zero attached hydrogens (tertiary/aromatic N) is 3. The Morgan fingerprint density at radius 3 is 2.69 bits per heavy atom. The number of carbonyl (C=O) groups is 1. The van der Waals surface area contributed by atoms with Crippen molar-refractivity contribution in [1.82, 2.24) is 20.3 Å². The van der Waals surface area contributed by atoms with Gasteiger partial charge < -0.3 is 5.32 Å². The fourth-order valence-electron chi connectivity index (χ4n) is 3.63. The van der Waals surface area contributed by atoms with Gasteiger partial charge in [-0.15, -0.1) is 5.10 Å². The topological polar surface area (TPSA) is 76.9 Å². The van der Waals surface area contributed by atoms with Crippen molar-refractivity contribution in [2.75, 3.05) is 6.54 Å². The van der Waals surface area contributed by atoms with Crippen LogP contribution in [0.1, 0.15) is 48.0 Å². The number of hydrogen-bond donors (Lipinski definition) is 1. The zero-order chi connectivity index (χ0) is 20.1. The van der Waals surface area contributed by atoms with E-state index in [1.807, 2.05) is 24.3 Å². The lowest BCUT2D eigenvalue weighted by atomic mass is 9.97. The monoisotopic (exact) mass is 388 g/mol. The van der Waals surface area contributed by atoms with Gasteiger partial charge in [0.2, 0.25) is 0 Å². The molecule has 4 rings (SSSR count). The van der Waals surface area contributed by atoms with E-state index in [0.29, 0.717) is 29.6 Å². The van der Waals surface area contributed by atoms with Crippen molar-refractivity contribution < 1.29 is 4.79 Å². The molecule has 6 heteroatoms. The maximum absolute atomic E-state index is 12.5. The molecule has 0 bridgehead atoms. The molecule has 0 radical (unpaired) electrons. The third-order valence-electron chi connectivity index (χ3n) is 5.29. The van der Waals surface area contributed by atoms with Crippen LogP contribution in [0.4, 0.5) is 0 Å². The molecule has 2 aromatic carbocycles. The van der Waals surface area contributed by atoms with E-state index in [2.05, 4.69) is 21.7 Å². The molecule has 1 aromatic heterocycles. The summed E-state index contributed by atoms with van der Waals surface area (Å²) in [5, 5.41) is 11.6. The van der Waals surface area contributed by atoms with Crippen molar-refractivity contribution in [2.24, 2.45) is 0 Å². The van der Waals surface area contributed by atoms with E-state index < -0.39 is 0 Å². The molecule has 3 aromatic rings. The van der Waals surface area contributed by atoms with E-state index in [-0.39, 0.29) is 11.5 Å². The Kier molecular flexibility index (Phi) is 5.79. The Hall–Kier alpha value is -3.28. The average molecular weight is 388 g/mol. The molecule has 0 saturated carbocycles. The Bertz CT molecular complexity index is 1100. The highest BCUT2D eigenvalue weighted by atomic mass is 16.1. The van der Waals surface area contributed by atoms with Crippen LogP contribution in [0.25, 0.3) is 10.9 Å². The molecular formula is C23H24N4O2. The van der Waals surface area contributed by atoms with Crippen LogP contribution in [-0.4, -0.2) is 27.4 Å². The van der Waals surface area contributed by atoms with Gasteiger partial charge in [-0.1, -0.05) is 41.1 Å². The Balaban J connectivity index is 1.37. The van der Waals surface area contributed by atoms with E-state index in [1.165, 1.54) is 23.1 Å². The van der Waals surface area contributed by atoms with E-state index in [0.717, 1.165) is 24.8 Å². The molecule has 1 aliphatic rings. The fraction of sp³-hybridized carbons (Fsp3) is 0.304. The summed E-state index contributed by atoms with van der Waals surface area (Å²) in [6, 6.07) is 14.4. The molecule has 1 N–H and O–H groups in total. The molecule has 1 amide bonds. The highest BCUT2D eigenvalue weighted by Crippen LogP contribution is 2.19. The molecule has 0 unspecified atom stereocenters. The summed E-state index contributed by atoms with van der Waals surface area (Å²) in [5.74, 6) is -0.0735. The molecule has 1 aliphatic carbocycles. The molecule has 0 saturated heterocycles. The maximum atomic E-state index is 12.5. The minimum Gasteiger partial charge on any atom is -0.352 e. The first-order chi connectivity index (χ1) is 14.2. The van der Waals surface area contributed by atoms with Crippen molar-refractivity contribution in [1.29, 1.82) is 0 Å². The van der Waals surface area contributed by atoms with Gasteiger partial charge in [-0.2, -0.15) is 0 Å². The molecule has 0 aliphatic heterocycles. The lowest BCUT2D eigenvalue weighted by molar-refractivity contribution is 0.0954. The van der Waals surface area contributed by atoms with Crippen molar-refractivity contribution in [3.8, 4) is 0 Å². The van der Waals surface area contributed by atoms with Crippen LogP contribution < -0.4 is 10.9 Å². The predicted molar refractivity (Wildman–Crippen MR) is 113 cm³/mol. The van der Waals surface area contributed by atoms with E-state index in [4.69, 9.17) is 0 Å². The van der Waals surface area contributed by atoms with Gasteiger partial charge in [-0.25, -0.2) is 4.68 Å². The predicted octanol–water partition coefficient (Wildman–Crippen LogP) is 3.46. The molecule has 0 spiro atoms. The third-order valence-corrected chi connectivity index (χ3v) is 5.29. The van der Waals surface area contributed by atoms with Crippen LogP contribution in [0.2, 0.25) is 0 Å². The molecule has 0 atom stereocenters. The molecule has 148 valence electrons. The Morgan fingerprint density at radius 2 is 1.90 bits per heavy atom. The number of nitrogens with one attached hydrogen (secondary N) is 1. The number of rotatable bonds is 6. The Labute approximate surface area is 169 Å². The van der Waals surface area contributed by atoms with Crippen LogP contribution in [0, 0.1) is 0 Å². The fourth-order valence-corrected chi connectivity index (χ4v) is 3.63. The highest BCUT2D eigenvalue weighted by Gasteiger charge is 2.09. The second-order valence-corrected chi connectivity index (χ2v) is 7.38. The second kappa shape index (κ2) is 8.82. The summed E-state index contributed by atoms with van der Waals surface area (Å²) in [5.41, 5.74) is 3.37. The zero-order valence-electron chi connectivity index (χ0n) is 16.3. The van der Waals surface area contributed by atoms with Crippen LogP contribution in [0.15, 0.2) is 65.0 Å². The van der Waals surface area contributed by atoms with Gasteiger partial charge in [0.05, 0.1) is 11.9 Å². The van der Waals surface area contributed by atoms with E-state index in [9.17, 15) is 9.59 Å². The van der Waals surface area contributed by atoms with E-state index in [1.54, 1.807) is 24.3 Å². The van der Waals surface area contributed by atoms with Crippen molar-refractivity contribution in [2.45, 2.75) is 38.6 Å². The van der Waals surface area contributed by atoms with Crippen LogP contribution in [0.3, 0.4) is 0 Å². The standard InChI is InChI=1S/C23H24N4O2/c28-22(24-15-14-17-6-2-1-3-7-17)19-12-10-18(11-13-19)16-27-23(29)20-8-4-5-9-21(20)25-26-27/h4-6,8-13H,1-3,7,14-16H2,(H,24,28). The minimum absolute atomic E-state index is 0.0735. The average Bonchev–Trinajstić information content (AvgIpc) is 2.77. The lowest BCUT2D eigenvalue weighted by Gasteiger charge is -2.13. The van der Waals surface area contributed by atoms with E-state index >= 15 is 0 Å². The summed E-state index contributed by atoms with van der Waals surface area (Å²) in [7, 11) is 0. The SMILES string of the molecule is O=C(NCCC1=CCCCC1)c1ccc(Cn2nnc3ccccc3c2=O)cc1. The smallest absolute Gasteiger partial charge is 0.277 e. The number of hydrogen-bond acceptors (Lipinski definition) is 4. The van der Waals surface area contributed by atoms with Gasteiger partial charge >= 0.3 is 0 Å². The highest BCUT2D eigenvalue weighted by molar-refractivity contribution is 5.94. The minimum atomic E-state index is -0.172. The summed E-state index contributed by atoms with van der Waals surface area (Å²) >= 11 is 0. The molecular weight excluding hydrogens is 364 g/mol. The number of fused-ring (bicyclic) bond motifs is 1. The zero-order valence-corrected chi connectivity index (χ0v) is 16.3. The first-order valence-electron chi connectivity index (χ1n) is 10.1. The van der Waals surface area contributed by atoms with Gasteiger partial charge in [-0.3, -0.25) is 9.59 Å². The number of allylic oxidation sites excluding steroid dienone is 1.